The van der Waals surface area contributed by atoms with Gasteiger partial charge in [0.15, 0.2) is 5.75 Å². The molecule has 0 aromatic heterocycles. The Balaban J connectivity index is 3.31. The van der Waals surface area contributed by atoms with Gasteiger partial charge in [-0.25, -0.2) is 12.7 Å². The fourth-order valence-corrected chi connectivity index (χ4v) is 2.26. The summed E-state index contributed by atoms with van der Waals surface area (Å²) in [4.78, 5) is -0.0871. The van der Waals surface area contributed by atoms with E-state index in [0.717, 1.165) is 4.31 Å². The molecule has 1 aromatic carbocycles. The van der Waals surface area contributed by atoms with Crippen molar-refractivity contribution in [1.29, 1.82) is 0 Å². The van der Waals surface area contributed by atoms with E-state index in [4.69, 9.17) is 0 Å². The summed E-state index contributed by atoms with van der Waals surface area (Å²) in [5, 5.41) is 12.7. The van der Waals surface area contributed by atoms with Crippen LogP contribution in [0.15, 0.2) is 23.1 Å². The van der Waals surface area contributed by atoms with Gasteiger partial charge >= 0.3 is 0 Å². The fourth-order valence-electron chi connectivity index (χ4n) is 1.26. The highest BCUT2D eigenvalue weighted by Gasteiger charge is 2.22. The largest absolute Gasteiger partial charge is 0.504 e. The minimum absolute atomic E-state index is 0.0871. The maximum Gasteiger partial charge on any atom is 0.246 e. The number of rotatable bonds is 4. The summed E-state index contributed by atoms with van der Waals surface area (Å²) in [6.07, 6.45) is 0. The van der Waals surface area contributed by atoms with Crippen LogP contribution < -0.4 is 5.32 Å². The first kappa shape index (κ1) is 12.8. The van der Waals surface area contributed by atoms with E-state index in [1.807, 2.05) is 6.92 Å². The molecule has 0 bridgehead atoms. The van der Waals surface area contributed by atoms with Gasteiger partial charge in [-0.15, -0.1) is 0 Å². The Morgan fingerprint density at radius 2 is 2.00 bits per heavy atom. The maximum atomic E-state index is 11.8. The number of anilines is 1. The lowest BCUT2D eigenvalue weighted by molar-refractivity contribution is 0.454. The van der Waals surface area contributed by atoms with Crippen LogP contribution in [0.25, 0.3) is 0 Å². The van der Waals surface area contributed by atoms with E-state index in [-0.39, 0.29) is 10.6 Å². The van der Waals surface area contributed by atoms with Crippen LogP contribution in [-0.4, -0.2) is 38.5 Å². The lowest BCUT2D eigenvalue weighted by atomic mass is 10.3. The van der Waals surface area contributed by atoms with Gasteiger partial charge in [-0.05, 0) is 19.1 Å². The summed E-state index contributed by atoms with van der Waals surface area (Å²) in [6, 6.07) is 4.60. The summed E-state index contributed by atoms with van der Waals surface area (Å²) in [6.45, 7) is 2.48. The van der Waals surface area contributed by atoms with Gasteiger partial charge in [-0.1, -0.05) is 6.07 Å². The van der Waals surface area contributed by atoms with Crippen molar-refractivity contribution >= 4 is 15.7 Å². The Morgan fingerprint density at radius 3 is 2.50 bits per heavy atom. The number of para-hydroxylation sites is 1. The van der Waals surface area contributed by atoms with Crippen molar-refractivity contribution in [2.45, 2.75) is 11.8 Å². The molecule has 0 unspecified atom stereocenters. The third kappa shape index (κ3) is 2.28. The number of hydrogen-bond donors (Lipinski definition) is 2. The molecule has 2 N–H and O–H groups in total. The quantitative estimate of drug-likeness (QED) is 0.777. The van der Waals surface area contributed by atoms with Crippen LogP contribution in [-0.2, 0) is 10.0 Å². The fraction of sp³-hybridized carbons (Fsp3) is 0.400. The second kappa shape index (κ2) is 4.71. The number of sulfonamides is 1. The smallest absolute Gasteiger partial charge is 0.246 e. The van der Waals surface area contributed by atoms with E-state index in [0.29, 0.717) is 12.2 Å². The molecule has 5 nitrogen and oxygen atoms in total. The Morgan fingerprint density at radius 1 is 1.38 bits per heavy atom. The van der Waals surface area contributed by atoms with Crippen LogP contribution in [0.3, 0.4) is 0 Å². The average Bonchev–Trinajstić information content (AvgIpc) is 2.21. The molecule has 90 valence electrons. The number of phenols is 1. The number of hydrogen-bond acceptors (Lipinski definition) is 4. The zero-order valence-corrected chi connectivity index (χ0v) is 10.4. The molecule has 0 radical (unpaired) electrons. The summed E-state index contributed by atoms with van der Waals surface area (Å²) >= 11 is 0. The first-order valence-electron chi connectivity index (χ1n) is 4.89. The molecule has 0 atom stereocenters. The molecule has 0 heterocycles. The van der Waals surface area contributed by atoms with Crippen molar-refractivity contribution in [2.24, 2.45) is 0 Å². The van der Waals surface area contributed by atoms with Gasteiger partial charge in [0.1, 0.15) is 4.90 Å². The Kier molecular flexibility index (Phi) is 3.77. The second-order valence-electron chi connectivity index (χ2n) is 3.47. The Hall–Kier alpha value is -1.27. The molecule has 0 fully saturated rings. The van der Waals surface area contributed by atoms with E-state index >= 15 is 0 Å². The zero-order valence-electron chi connectivity index (χ0n) is 9.56. The van der Waals surface area contributed by atoms with Gasteiger partial charge in [0.05, 0.1) is 5.69 Å². The highest BCUT2D eigenvalue weighted by molar-refractivity contribution is 7.89. The predicted molar refractivity (Wildman–Crippen MR) is 63.1 cm³/mol. The molecular weight excluding hydrogens is 228 g/mol. The predicted octanol–water partition coefficient (Wildman–Crippen LogP) is 1.07. The average molecular weight is 244 g/mol. The second-order valence-corrected chi connectivity index (χ2v) is 5.59. The topological polar surface area (TPSA) is 69.6 Å². The number of phenolic OH excluding ortho intramolecular Hbond substituents is 1. The highest BCUT2D eigenvalue weighted by Crippen LogP contribution is 2.31. The van der Waals surface area contributed by atoms with Gasteiger partial charge in [0.25, 0.3) is 0 Å². The third-order valence-corrected chi connectivity index (χ3v) is 3.97. The third-order valence-electron chi connectivity index (χ3n) is 2.12. The van der Waals surface area contributed by atoms with Gasteiger partial charge < -0.3 is 10.4 Å². The number of aromatic hydroxyl groups is 1. The van der Waals surface area contributed by atoms with Crippen LogP contribution in [0, 0.1) is 0 Å². The van der Waals surface area contributed by atoms with Crippen LogP contribution in [0.2, 0.25) is 0 Å². The van der Waals surface area contributed by atoms with Gasteiger partial charge in [0, 0.05) is 20.6 Å². The van der Waals surface area contributed by atoms with Crippen LogP contribution in [0.1, 0.15) is 6.92 Å². The molecular formula is C10H16N2O3S. The van der Waals surface area contributed by atoms with Crippen molar-refractivity contribution in [1.82, 2.24) is 4.31 Å². The first-order valence-corrected chi connectivity index (χ1v) is 6.33. The summed E-state index contributed by atoms with van der Waals surface area (Å²) in [5.41, 5.74) is 0.422. The van der Waals surface area contributed by atoms with E-state index < -0.39 is 10.0 Å². The maximum absolute atomic E-state index is 11.8. The van der Waals surface area contributed by atoms with E-state index in [9.17, 15) is 13.5 Å². The van der Waals surface area contributed by atoms with Gasteiger partial charge in [0.2, 0.25) is 10.0 Å². The minimum atomic E-state index is -3.61. The number of nitrogens with zero attached hydrogens (tertiary/aromatic N) is 1. The lowest BCUT2D eigenvalue weighted by Crippen LogP contribution is -2.22. The minimum Gasteiger partial charge on any atom is -0.504 e. The van der Waals surface area contributed by atoms with Gasteiger partial charge in [-0.3, -0.25) is 0 Å². The molecule has 0 saturated carbocycles. The molecule has 0 aliphatic carbocycles. The molecule has 0 amide bonds. The molecule has 1 aromatic rings. The molecule has 0 saturated heterocycles. The Bertz CT molecular complexity index is 469. The van der Waals surface area contributed by atoms with Crippen molar-refractivity contribution in [3.8, 4) is 5.75 Å². The van der Waals surface area contributed by atoms with E-state index in [2.05, 4.69) is 5.32 Å². The molecule has 0 aliphatic rings. The zero-order chi connectivity index (χ0) is 12.3. The first-order chi connectivity index (χ1) is 7.41. The van der Waals surface area contributed by atoms with Gasteiger partial charge in [-0.2, -0.15) is 0 Å². The monoisotopic (exact) mass is 244 g/mol. The van der Waals surface area contributed by atoms with Crippen LogP contribution in [0.4, 0.5) is 5.69 Å². The molecule has 0 spiro atoms. The Labute approximate surface area is 95.8 Å². The summed E-state index contributed by atoms with van der Waals surface area (Å²) < 4.78 is 24.8. The lowest BCUT2D eigenvalue weighted by Gasteiger charge is -2.14. The van der Waals surface area contributed by atoms with E-state index in [1.165, 1.54) is 20.2 Å². The van der Waals surface area contributed by atoms with Crippen LogP contribution in [0.5, 0.6) is 5.75 Å². The normalized spacial score (nSPS) is 11.8. The van der Waals surface area contributed by atoms with Crippen molar-refractivity contribution in [2.75, 3.05) is 26.0 Å². The highest BCUT2D eigenvalue weighted by atomic mass is 32.2. The standard InChI is InChI=1S/C10H16N2O3S/c1-4-11-8-6-5-7-9(10(8)13)16(14,15)12(2)3/h5-7,11,13H,4H2,1-3H3. The molecule has 6 heteroatoms. The van der Waals surface area contributed by atoms with Crippen molar-refractivity contribution < 1.29 is 13.5 Å². The molecule has 16 heavy (non-hydrogen) atoms. The molecule has 1 rings (SSSR count). The summed E-state index contributed by atoms with van der Waals surface area (Å²) in [5.74, 6) is -0.238. The molecule has 0 aliphatic heterocycles. The van der Waals surface area contributed by atoms with Crippen molar-refractivity contribution in [3.05, 3.63) is 18.2 Å². The SMILES string of the molecule is CCNc1cccc(S(=O)(=O)N(C)C)c1O. The van der Waals surface area contributed by atoms with Crippen LogP contribution >= 0.6 is 0 Å². The summed E-state index contributed by atoms with van der Waals surface area (Å²) in [7, 11) is -0.754. The van der Waals surface area contributed by atoms with E-state index in [1.54, 1.807) is 12.1 Å². The number of nitrogens with one attached hydrogen (secondary N) is 1. The number of benzene rings is 1. The van der Waals surface area contributed by atoms with Crippen molar-refractivity contribution in [3.63, 3.8) is 0 Å².